The van der Waals surface area contributed by atoms with Crippen LogP contribution in [-0.4, -0.2) is 12.5 Å². The minimum Gasteiger partial charge on any atom is -0.422 e. The van der Waals surface area contributed by atoms with Gasteiger partial charge in [0.15, 0.2) is 0 Å². The van der Waals surface area contributed by atoms with Crippen LogP contribution in [0.4, 0.5) is 0 Å². The first kappa shape index (κ1) is 15.0. The summed E-state index contributed by atoms with van der Waals surface area (Å²) in [4.78, 5) is 24.1. The molecular formula is C19H17NO3. The first-order valence-electron chi connectivity index (χ1n) is 7.59. The SMILES string of the molecule is O=C(NCCCc1ccccc1)c1cc2ccccc2oc1=O. The zero-order valence-corrected chi connectivity index (χ0v) is 12.6. The minimum atomic E-state index is -0.607. The monoisotopic (exact) mass is 307 g/mol. The van der Waals surface area contributed by atoms with E-state index in [1.807, 2.05) is 30.3 Å². The van der Waals surface area contributed by atoms with E-state index in [2.05, 4.69) is 17.4 Å². The van der Waals surface area contributed by atoms with Gasteiger partial charge in [0, 0.05) is 11.9 Å². The lowest BCUT2D eigenvalue weighted by atomic mass is 10.1. The summed E-state index contributed by atoms with van der Waals surface area (Å²) in [6, 6.07) is 18.8. The molecule has 0 fully saturated rings. The molecule has 0 saturated carbocycles. The number of para-hydroxylation sites is 1. The van der Waals surface area contributed by atoms with Gasteiger partial charge in [-0.2, -0.15) is 0 Å². The van der Waals surface area contributed by atoms with Gasteiger partial charge < -0.3 is 9.73 Å². The van der Waals surface area contributed by atoms with E-state index in [4.69, 9.17) is 4.42 Å². The van der Waals surface area contributed by atoms with Crippen molar-refractivity contribution >= 4 is 16.9 Å². The van der Waals surface area contributed by atoms with Gasteiger partial charge in [-0.25, -0.2) is 4.79 Å². The fourth-order valence-corrected chi connectivity index (χ4v) is 2.45. The van der Waals surface area contributed by atoms with Crippen LogP contribution in [0.5, 0.6) is 0 Å². The number of rotatable bonds is 5. The van der Waals surface area contributed by atoms with E-state index in [1.165, 1.54) is 5.56 Å². The van der Waals surface area contributed by atoms with E-state index in [0.717, 1.165) is 18.2 Å². The first-order chi connectivity index (χ1) is 11.2. The molecule has 23 heavy (non-hydrogen) atoms. The molecule has 0 unspecified atom stereocenters. The zero-order chi connectivity index (χ0) is 16.1. The van der Waals surface area contributed by atoms with Crippen LogP contribution in [-0.2, 0) is 6.42 Å². The molecule has 0 spiro atoms. The highest BCUT2D eigenvalue weighted by Gasteiger charge is 2.12. The molecule has 1 amide bonds. The summed E-state index contributed by atoms with van der Waals surface area (Å²) < 4.78 is 5.17. The van der Waals surface area contributed by atoms with Gasteiger partial charge in [-0.05, 0) is 30.5 Å². The Morgan fingerprint density at radius 1 is 1.00 bits per heavy atom. The molecule has 0 aliphatic heterocycles. The molecule has 3 rings (SSSR count). The lowest BCUT2D eigenvalue weighted by Gasteiger charge is -2.05. The summed E-state index contributed by atoms with van der Waals surface area (Å²) in [5, 5.41) is 3.51. The highest BCUT2D eigenvalue weighted by Crippen LogP contribution is 2.12. The Labute approximate surface area is 133 Å². The number of fused-ring (bicyclic) bond motifs is 1. The predicted octanol–water partition coefficient (Wildman–Crippen LogP) is 3.16. The fraction of sp³-hybridized carbons (Fsp3) is 0.158. The Morgan fingerprint density at radius 2 is 1.74 bits per heavy atom. The molecule has 4 nitrogen and oxygen atoms in total. The van der Waals surface area contributed by atoms with Crippen LogP contribution in [0.2, 0.25) is 0 Å². The van der Waals surface area contributed by atoms with Crippen molar-refractivity contribution in [2.75, 3.05) is 6.54 Å². The maximum absolute atomic E-state index is 12.1. The van der Waals surface area contributed by atoms with Crippen LogP contribution < -0.4 is 10.9 Å². The molecule has 0 radical (unpaired) electrons. The van der Waals surface area contributed by atoms with Crippen molar-refractivity contribution in [3.05, 3.63) is 82.2 Å². The second-order valence-electron chi connectivity index (χ2n) is 5.33. The average molecular weight is 307 g/mol. The van der Waals surface area contributed by atoms with E-state index in [1.54, 1.807) is 18.2 Å². The lowest BCUT2D eigenvalue weighted by Crippen LogP contribution is -2.29. The molecule has 0 bridgehead atoms. The van der Waals surface area contributed by atoms with E-state index < -0.39 is 11.5 Å². The summed E-state index contributed by atoms with van der Waals surface area (Å²) in [6.07, 6.45) is 1.70. The smallest absolute Gasteiger partial charge is 0.349 e. The Bertz CT molecular complexity index is 868. The standard InChI is InChI=1S/C19H17NO3/c21-18(20-12-6-9-14-7-2-1-3-8-14)16-13-15-10-4-5-11-17(15)23-19(16)22/h1-5,7-8,10-11,13H,6,9,12H2,(H,20,21). The molecule has 1 heterocycles. The van der Waals surface area contributed by atoms with Crippen molar-refractivity contribution in [3.8, 4) is 0 Å². The van der Waals surface area contributed by atoms with E-state index in [0.29, 0.717) is 12.1 Å². The second-order valence-corrected chi connectivity index (χ2v) is 5.33. The van der Waals surface area contributed by atoms with Gasteiger partial charge in [-0.3, -0.25) is 4.79 Å². The molecule has 0 aliphatic rings. The summed E-state index contributed by atoms with van der Waals surface area (Å²) >= 11 is 0. The number of hydrogen-bond acceptors (Lipinski definition) is 3. The van der Waals surface area contributed by atoms with Crippen molar-refractivity contribution in [3.63, 3.8) is 0 Å². The molecule has 116 valence electrons. The summed E-state index contributed by atoms with van der Waals surface area (Å²) in [5.74, 6) is -0.391. The van der Waals surface area contributed by atoms with Crippen molar-refractivity contribution in [1.29, 1.82) is 0 Å². The number of amides is 1. The Morgan fingerprint density at radius 3 is 2.57 bits per heavy atom. The average Bonchev–Trinajstić information content (AvgIpc) is 2.59. The summed E-state index contributed by atoms with van der Waals surface area (Å²) in [7, 11) is 0. The number of carbonyl (C=O) groups is 1. The Balaban J connectivity index is 1.62. The molecule has 4 heteroatoms. The fourth-order valence-electron chi connectivity index (χ4n) is 2.45. The topological polar surface area (TPSA) is 59.3 Å². The molecular weight excluding hydrogens is 290 g/mol. The largest absolute Gasteiger partial charge is 0.422 e. The van der Waals surface area contributed by atoms with E-state index >= 15 is 0 Å². The van der Waals surface area contributed by atoms with Crippen LogP contribution in [0.3, 0.4) is 0 Å². The first-order valence-corrected chi connectivity index (χ1v) is 7.59. The van der Waals surface area contributed by atoms with Gasteiger partial charge in [0.1, 0.15) is 11.1 Å². The van der Waals surface area contributed by atoms with E-state index in [9.17, 15) is 9.59 Å². The maximum atomic E-state index is 12.1. The predicted molar refractivity (Wildman–Crippen MR) is 89.6 cm³/mol. The zero-order valence-electron chi connectivity index (χ0n) is 12.6. The summed E-state index contributed by atoms with van der Waals surface area (Å²) in [6.45, 7) is 0.514. The van der Waals surface area contributed by atoms with Crippen molar-refractivity contribution < 1.29 is 9.21 Å². The van der Waals surface area contributed by atoms with Gasteiger partial charge in [0.25, 0.3) is 5.91 Å². The molecule has 0 aliphatic carbocycles. The third kappa shape index (κ3) is 3.66. The third-order valence-corrected chi connectivity index (χ3v) is 3.66. The third-order valence-electron chi connectivity index (χ3n) is 3.66. The number of hydrogen-bond donors (Lipinski definition) is 1. The van der Waals surface area contributed by atoms with Gasteiger partial charge in [-0.1, -0.05) is 48.5 Å². The molecule has 0 atom stereocenters. The molecule has 0 saturated heterocycles. The Hall–Kier alpha value is -2.88. The molecule has 1 N–H and O–H groups in total. The highest BCUT2D eigenvalue weighted by molar-refractivity contribution is 5.96. The van der Waals surface area contributed by atoms with E-state index in [-0.39, 0.29) is 5.56 Å². The van der Waals surface area contributed by atoms with Gasteiger partial charge in [0.2, 0.25) is 0 Å². The van der Waals surface area contributed by atoms with Crippen LogP contribution in [0.25, 0.3) is 11.0 Å². The van der Waals surface area contributed by atoms with Crippen LogP contribution >= 0.6 is 0 Å². The molecule has 1 aromatic heterocycles. The van der Waals surface area contributed by atoms with Crippen molar-refractivity contribution in [1.82, 2.24) is 5.32 Å². The van der Waals surface area contributed by atoms with Gasteiger partial charge >= 0.3 is 5.63 Å². The molecule has 2 aromatic carbocycles. The van der Waals surface area contributed by atoms with Crippen LogP contribution in [0.15, 0.2) is 69.9 Å². The van der Waals surface area contributed by atoms with Crippen molar-refractivity contribution in [2.24, 2.45) is 0 Å². The molecule has 3 aromatic rings. The highest BCUT2D eigenvalue weighted by atomic mass is 16.4. The summed E-state index contributed by atoms with van der Waals surface area (Å²) in [5.41, 5.74) is 1.15. The van der Waals surface area contributed by atoms with Crippen LogP contribution in [0.1, 0.15) is 22.3 Å². The quantitative estimate of drug-likeness (QED) is 0.582. The maximum Gasteiger partial charge on any atom is 0.349 e. The number of carbonyl (C=O) groups excluding carboxylic acids is 1. The second kappa shape index (κ2) is 6.92. The number of aryl methyl sites for hydroxylation is 1. The van der Waals surface area contributed by atoms with Crippen molar-refractivity contribution in [2.45, 2.75) is 12.8 Å². The number of benzene rings is 2. The van der Waals surface area contributed by atoms with Gasteiger partial charge in [0.05, 0.1) is 0 Å². The minimum absolute atomic E-state index is 0.0448. The van der Waals surface area contributed by atoms with Crippen LogP contribution in [0, 0.1) is 0 Å². The van der Waals surface area contributed by atoms with Gasteiger partial charge in [-0.15, -0.1) is 0 Å². The lowest BCUT2D eigenvalue weighted by molar-refractivity contribution is 0.0949. The Kier molecular flexibility index (Phi) is 4.52. The normalized spacial score (nSPS) is 10.6. The number of nitrogens with one attached hydrogen (secondary N) is 1.